The molecule has 0 fully saturated rings. The van der Waals surface area contributed by atoms with Gasteiger partial charge >= 0.3 is 0 Å². The van der Waals surface area contributed by atoms with Gasteiger partial charge in [0.15, 0.2) is 0 Å². The van der Waals surface area contributed by atoms with Crippen LogP contribution in [0.4, 0.5) is 0 Å². The molecule has 0 aliphatic rings. The average molecular weight is 234 g/mol. The van der Waals surface area contributed by atoms with Crippen LogP contribution in [0, 0.1) is 6.92 Å². The van der Waals surface area contributed by atoms with E-state index >= 15 is 0 Å². The fourth-order valence-electron chi connectivity index (χ4n) is 1.63. The van der Waals surface area contributed by atoms with Crippen molar-refractivity contribution in [2.24, 2.45) is 0 Å². The lowest BCUT2D eigenvalue weighted by molar-refractivity contribution is 0.220. The Bertz CT molecular complexity index is 463. The quantitative estimate of drug-likeness (QED) is 0.884. The van der Waals surface area contributed by atoms with E-state index in [1.165, 1.54) is 0 Å². The van der Waals surface area contributed by atoms with Crippen LogP contribution in [0.2, 0.25) is 0 Å². The van der Waals surface area contributed by atoms with E-state index in [1.54, 1.807) is 18.4 Å². The molecule has 3 heteroatoms. The molecule has 2 nitrogen and oxygen atoms in total. The van der Waals surface area contributed by atoms with Crippen LogP contribution in [0.25, 0.3) is 0 Å². The van der Waals surface area contributed by atoms with Crippen molar-refractivity contribution in [2.45, 2.75) is 13.0 Å². The lowest BCUT2D eigenvalue weighted by Gasteiger charge is -2.12. The Balaban J connectivity index is 2.34. The fourth-order valence-corrected chi connectivity index (χ4v) is 2.31. The van der Waals surface area contributed by atoms with E-state index in [0.29, 0.717) is 0 Å². The number of benzene rings is 1. The Morgan fingerprint density at radius 1 is 1.25 bits per heavy atom. The molecule has 2 aromatic rings. The minimum absolute atomic E-state index is 0.569. The van der Waals surface area contributed by atoms with Gasteiger partial charge in [0, 0.05) is 0 Å². The minimum Gasteiger partial charge on any atom is -0.496 e. The van der Waals surface area contributed by atoms with Gasteiger partial charge in [0.1, 0.15) is 11.9 Å². The van der Waals surface area contributed by atoms with Gasteiger partial charge in [-0.3, -0.25) is 0 Å². The highest BCUT2D eigenvalue weighted by atomic mass is 32.1. The number of thiophene rings is 1. The Kier molecular flexibility index (Phi) is 3.27. The largest absolute Gasteiger partial charge is 0.496 e. The first-order valence-electron chi connectivity index (χ1n) is 5.07. The van der Waals surface area contributed by atoms with Crippen LogP contribution >= 0.6 is 11.3 Å². The van der Waals surface area contributed by atoms with E-state index in [0.717, 1.165) is 22.4 Å². The SMILES string of the molecule is COc1cc(C(O)c2ccsc2)ccc1C. The maximum atomic E-state index is 10.1. The second-order valence-electron chi connectivity index (χ2n) is 3.69. The van der Waals surface area contributed by atoms with Gasteiger partial charge in [0.2, 0.25) is 0 Å². The van der Waals surface area contributed by atoms with Crippen molar-refractivity contribution in [3.05, 3.63) is 51.7 Å². The molecule has 84 valence electrons. The summed E-state index contributed by atoms with van der Waals surface area (Å²) >= 11 is 1.58. The summed E-state index contributed by atoms with van der Waals surface area (Å²) in [6.07, 6.45) is -0.569. The van der Waals surface area contributed by atoms with Crippen molar-refractivity contribution >= 4 is 11.3 Å². The molecule has 1 aromatic heterocycles. The number of hydrogen-bond donors (Lipinski definition) is 1. The van der Waals surface area contributed by atoms with Gasteiger partial charge in [-0.25, -0.2) is 0 Å². The molecular weight excluding hydrogens is 220 g/mol. The Labute approximate surface area is 99.1 Å². The normalized spacial score (nSPS) is 12.4. The summed E-state index contributed by atoms with van der Waals surface area (Å²) in [5, 5.41) is 14.1. The third kappa shape index (κ3) is 2.10. The number of rotatable bonds is 3. The van der Waals surface area contributed by atoms with Crippen molar-refractivity contribution in [3.63, 3.8) is 0 Å². The molecular formula is C13H14O2S. The van der Waals surface area contributed by atoms with Gasteiger partial charge in [-0.1, -0.05) is 12.1 Å². The number of hydrogen-bond acceptors (Lipinski definition) is 3. The highest BCUT2D eigenvalue weighted by Gasteiger charge is 2.12. The summed E-state index contributed by atoms with van der Waals surface area (Å²) in [6, 6.07) is 7.71. The summed E-state index contributed by atoms with van der Waals surface area (Å²) in [5.74, 6) is 0.812. The number of aryl methyl sites for hydroxylation is 1. The second kappa shape index (κ2) is 4.68. The van der Waals surface area contributed by atoms with E-state index in [-0.39, 0.29) is 0 Å². The van der Waals surface area contributed by atoms with Gasteiger partial charge in [0.05, 0.1) is 7.11 Å². The minimum atomic E-state index is -0.569. The van der Waals surface area contributed by atoms with Gasteiger partial charge < -0.3 is 9.84 Å². The molecule has 1 N–H and O–H groups in total. The molecule has 1 aromatic carbocycles. The molecule has 0 amide bonds. The molecule has 0 spiro atoms. The lowest BCUT2D eigenvalue weighted by atomic mass is 10.0. The van der Waals surface area contributed by atoms with E-state index in [4.69, 9.17) is 4.74 Å². The lowest BCUT2D eigenvalue weighted by Crippen LogP contribution is -1.99. The van der Waals surface area contributed by atoms with E-state index in [1.807, 2.05) is 41.9 Å². The molecule has 0 radical (unpaired) electrons. The van der Waals surface area contributed by atoms with Crippen LogP contribution < -0.4 is 4.74 Å². The molecule has 16 heavy (non-hydrogen) atoms. The smallest absolute Gasteiger partial charge is 0.122 e. The molecule has 0 aliphatic carbocycles. The molecule has 0 saturated carbocycles. The summed E-state index contributed by atoms with van der Waals surface area (Å²) in [5.41, 5.74) is 2.86. The van der Waals surface area contributed by atoms with Crippen molar-refractivity contribution in [2.75, 3.05) is 7.11 Å². The molecule has 1 atom stereocenters. The fraction of sp³-hybridized carbons (Fsp3) is 0.231. The van der Waals surface area contributed by atoms with Crippen LogP contribution in [0.1, 0.15) is 22.8 Å². The standard InChI is InChI=1S/C13H14O2S/c1-9-3-4-10(7-12(9)15-2)13(14)11-5-6-16-8-11/h3-8,13-14H,1-2H3. The third-order valence-electron chi connectivity index (χ3n) is 2.61. The summed E-state index contributed by atoms with van der Waals surface area (Å²) in [4.78, 5) is 0. The summed E-state index contributed by atoms with van der Waals surface area (Å²) in [7, 11) is 1.64. The van der Waals surface area contributed by atoms with Crippen LogP contribution in [0.5, 0.6) is 5.75 Å². The van der Waals surface area contributed by atoms with Gasteiger partial charge in [-0.05, 0) is 46.5 Å². The van der Waals surface area contributed by atoms with E-state index in [2.05, 4.69) is 0 Å². The molecule has 0 bridgehead atoms. The van der Waals surface area contributed by atoms with Gasteiger partial charge in [0.25, 0.3) is 0 Å². The zero-order valence-corrected chi connectivity index (χ0v) is 10.1. The average Bonchev–Trinajstić information content (AvgIpc) is 2.82. The van der Waals surface area contributed by atoms with Gasteiger partial charge in [-0.2, -0.15) is 11.3 Å². The number of ether oxygens (including phenoxy) is 1. The summed E-state index contributed by atoms with van der Waals surface area (Å²) < 4.78 is 5.24. The second-order valence-corrected chi connectivity index (χ2v) is 4.47. The molecule has 1 unspecified atom stereocenters. The van der Waals surface area contributed by atoms with E-state index < -0.39 is 6.10 Å². The zero-order valence-electron chi connectivity index (χ0n) is 9.31. The predicted molar refractivity (Wildman–Crippen MR) is 66.1 cm³/mol. The number of aliphatic hydroxyl groups is 1. The molecule has 0 aliphatic heterocycles. The van der Waals surface area contributed by atoms with E-state index in [9.17, 15) is 5.11 Å². The molecule has 2 rings (SSSR count). The highest BCUT2D eigenvalue weighted by molar-refractivity contribution is 7.07. The first-order valence-corrected chi connectivity index (χ1v) is 6.01. The first-order chi connectivity index (χ1) is 7.72. The first kappa shape index (κ1) is 11.2. The van der Waals surface area contributed by atoms with Crippen LogP contribution in [0.3, 0.4) is 0 Å². The van der Waals surface area contributed by atoms with Crippen LogP contribution in [-0.2, 0) is 0 Å². The highest BCUT2D eigenvalue weighted by Crippen LogP contribution is 2.28. The Morgan fingerprint density at radius 2 is 2.06 bits per heavy atom. The zero-order chi connectivity index (χ0) is 11.5. The maximum absolute atomic E-state index is 10.1. The number of aliphatic hydroxyl groups excluding tert-OH is 1. The Morgan fingerprint density at radius 3 is 2.69 bits per heavy atom. The topological polar surface area (TPSA) is 29.5 Å². The van der Waals surface area contributed by atoms with Crippen molar-refractivity contribution in [3.8, 4) is 5.75 Å². The monoisotopic (exact) mass is 234 g/mol. The van der Waals surface area contributed by atoms with Crippen molar-refractivity contribution in [1.29, 1.82) is 0 Å². The number of methoxy groups -OCH3 is 1. The van der Waals surface area contributed by atoms with Crippen LogP contribution in [0.15, 0.2) is 35.0 Å². The van der Waals surface area contributed by atoms with Gasteiger partial charge in [-0.15, -0.1) is 0 Å². The van der Waals surface area contributed by atoms with Crippen LogP contribution in [-0.4, -0.2) is 12.2 Å². The summed E-state index contributed by atoms with van der Waals surface area (Å²) in [6.45, 7) is 1.99. The predicted octanol–water partition coefficient (Wildman–Crippen LogP) is 3.15. The maximum Gasteiger partial charge on any atom is 0.122 e. The van der Waals surface area contributed by atoms with Crippen molar-refractivity contribution < 1.29 is 9.84 Å². The van der Waals surface area contributed by atoms with Crippen molar-refractivity contribution in [1.82, 2.24) is 0 Å². The third-order valence-corrected chi connectivity index (χ3v) is 3.31. The Hall–Kier alpha value is -1.32. The molecule has 0 saturated heterocycles. The molecule has 1 heterocycles.